The average Bonchev–Trinajstić information content (AvgIpc) is 3.70. The lowest BCUT2D eigenvalue weighted by Gasteiger charge is -2.31. The summed E-state index contributed by atoms with van der Waals surface area (Å²) < 4.78 is 5.37. The summed E-state index contributed by atoms with van der Waals surface area (Å²) in [5.41, 5.74) is 0. The molecular formula is C24H41ClN6O6. The number of carbonyl (C=O) groups is 4. The van der Waals surface area contributed by atoms with Gasteiger partial charge in [-0.3, -0.25) is 14.4 Å². The molecule has 0 spiro atoms. The van der Waals surface area contributed by atoms with Gasteiger partial charge < -0.3 is 36.1 Å². The van der Waals surface area contributed by atoms with E-state index < -0.39 is 36.5 Å². The van der Waals surface area contributed by atoms with Crippen molar-refractivity contribution in [2.24, 2.45) is 22.8 Å². The molecule has 0 bridgehead atoms. The van der Waals surface area contributed by atoms with Crippen molar-refractivity contribution in [1.29, 1.82) is 0 Å². The van der Waals surface area contributed by atoms with E-state index in [-0.39, 0.29) is 37.4 Å². The predicted molar refractivity (Wildman–Crippen MR) is 139 cm³/mol. The van der Waals surface area contributed by atoms with E-state index in [2.05, 4.69) is 15.7 Å². The first-order valence-corrected chi connectivity index (χ1v) is 13.1. The van der Waals surface area contributed by atoms with Gasteiger partial charge in [-0.25, -0.2) is 4.79 Å². The average molecular weight is 545 g/mol. The quantitative estimate of drug-likeness (QED) is 0.123. The van der Waals surface area contributed by atoms with Crippen LogP contribution in [0, 0.1) is 11.8 Å². The van der Waals surface area contributed by atoms with Gasteiger partial charge in [0.2, 0.25) is 11.8 Å². The molecule has 0 aromatic heterocycles. The van der Waals surface area contributed by atoms with Gasteiger partial charge >= 0.3 is 12.1 Å². The summed E-state index contributed by atoms with van der Waals surface area (Å²) >= 11 is 0. The number of hydrazone groups is 1. The number of hydrogen-bond donors (Lipinski definition) is 4. The summed E-state index contributed by atoms with van der Waals surface area (Å²) in [5.74, 6) is 3.64. The van der Waals surface area contributed by atoms with Gasteiger partial charge in [0.1, 0.15) is 18.9 Å². The summed E-state index contributed by atoms with van der Waals surface area (Å²) in [6.07, 6.45) is 9.25. The summed E-state index contributed by atoms with van der Waals surface area (Å²) in [7, 11) is 0. The molecule has 1 heterocycles. The molecule has 2 aliphatic carbocycles. The number of carboxylic acid groups (broad SMARTS) is 1. The molecule has 0 aromatic carbocycles. The largest absolute Gasteiger partial charge is 0.480 e. The third-order valence-corrected chi connectivity index (χ3v) is 7.10. The molecule has 13 heteroatoms. The Labute approximate surface area is 224 Å². The van der Waals surface area contributed by atoms with Crippen LogP contribution < -0.4 is 16.5 Å². The highest BCUT2D eigenvalue weighted by Gasteiger charge is 2.38. The van der Waals surface area contributed by atoms with E-state index in [0.29, 0.717) is 31.8 Å². The van der Waals surface area contributed by atoms with Gasteiger partial charge in [-0.1, -0.05) is 19.3 Å². The number of nitrogens with zero attached hydrogens (tertiary/aromatic N) is 3. The molecule has 2 atom stereocenters. The number of alkyl carbamates (subject to hydrolysis) is 1. The summed E-state index contributed by atoms with van der Waals surface area (Å²) in [5, 5.41) is 18.2. The Morgan fingerprint density at radius 3 is 2.43 bits per heavy atom. The Bertz CT molecular complexity index is 805. The molecule has 0 aromatic rings. The highest BCUT2D eigenvalue weighted by Crippen LogP contribution is 2.28. The lowest BCUT2D eigenvalue weighted by molar-refractivity contribution is -0.146. The van der Waals surface area contributed by atoms with Gasteiger partial charge in [0.25, 0.3) is 0 Å². The van der Waals surface area contributed by atoms with E-state index in [9.17, 15) is 24.3 Å². The van der Waals surface area contributed by atoms with E-state index in [1.807, 2.05) is 4.90 Å². The Morgan fingerprint density at radius 2 is 1.78 bits per heavy atom. The van der Waals surface area contributed by atoms with Crippen molar-refractivity contribution in [2.45, 2.75) is 76.3 Å². The predicted octanol–water partition coefficient (Wildman–Crippen LogP) is 1.28. The maximum atomic E-state index is 13.2. The molecular weight excluding hydrogens is 504 g/mol. The first-order valence-electron chi connectivity index (χ1n) is 13.1. The van der Waals surface area contributed by atoms with Crippen molar-refractivity contribution in [3.05, 3.63) is 0 Å². The van der Waals surface area contributed by atoms with Crippen LogP contribution in [0.3, 0.4) is 0 Å². The third-order valence-electron chi connectivity index (χ3n) is 7.10. The van der Waals surface area contributed by atoms with E-state index in [0.717, 1.165) is 45.1 Å². The minimum atomic E-state index is -1.20. The summed E-state index contributed by atoms with van der Waals surface area (Å²) in [6, 6.07) is -1.38. The molecule has 2 saturated carbocycles. The minimum absolute atomic E-state index is 0. The zero-order valence-corrected chi connectivity index (χ0v) is 22.1. The van der Waals surface area contributed by atoms with Crippen molar-refractivity contribution in [3.8, 4) is 0 Å². The SMILES string of the molecule is Cl.NN=CN1CCC[C@@H](CNC(=O)C[C@H](NC(=O)OCC2CCCCC2)C(=O)N(CC(=O)O)C2CC2)C1. The molecule has 1 saturated heterocycles. The number of aliphatic carboxylic acids is 1. The van der Waals surface area contributed by atoms with Gasteiger partial charge in [0.15, 0.2) is 0 Å². The van der Waals surface area contributed by atoms with E-state index in [1.54, 1.807) is 6.34 Å². The molecule has 0 radical (unpaired) electrons. The first-order chi connectivity index (χ1) is 17.4. The van der Waals surface area contributed by atoms with Crippen molar-refractivity contribution in [2.75, 3.05) is 32.8 Å². The molecule has 5 N–H and O–H groups in total. The van der Waals surface area contributed by atoms with Crippen LogP contribution in [-0.4, -0.2) is 90.0 Å². The first kappa shape index (κ1) is 30.5. The van der Waals surface area contributed by atoms with Crippen LogP contribution in [0.1, 0.15) is 64.2 Å². The number of carboxylic acids is 1. The number of nitrogens with two attached hydrogens (primary N) is 1. The summed E-state index contributed by atoms with van der Waals surface area (Å²) in [4.78, 5) is 53.1. The molecule has 0 unspecified atom stereocenters. The highest BCUT2D eigenvalue weighted by molar-refractivity contribution is 5.92. The molecule has 1 aliphatic heterocycles. The molecule has 3 amide bonds. The van der Waals surface area contributed by atoms with E-state index in [4.69, 9.17) is 10.6 Å². The monoisotopic (exact) mass is 544 g/mol. The fourth-order valence-corrected chi connectivity index (χ4v) is 5.03. The second kappa shape index (κ2) is 15.5. The van der Waals surface area contributed by atoms with Gasteiger partial charge in [-0.05, 0) is 50.4 Å². The molecule has 3 rings (SSSR count). The van der Waals surface area contributed by atoms with Crippen LogP contribution in [-0.2, 0) is 19.1 Å². The second-order valence-corrected chi connectivity index (χ2v) is 10.2. The van der Waals surface area contributed by atoms with E-state index in [1.165, 1.54) is 11.3 Å². The van der Waals surface area contributed by atoms with Gasteiger partial charge in [-0.2, -0.15) is 5.10 Å². The van der Waals surface area contributed by atoms with Crippen LogP contribution in [0.25, 0.3) is 0 Å². The van der Waals surface area contributed by atoms with Crippen LogP contribution in [0.2, 0.25) is 0 Å². The lowest BCUT2D eigenvalue weighted by Crippen LogP contribution is -2.52. The molecule has 3 aliphatic rings. The van der Waals surface area contributed by atoms with Crippen molar-refractivity contribution < 1.29 is 29.0 Å². The molecule has 210 valence electrons. The number of nitrogens with one attached hydrogen (secondary N) is 2. The number of halogens is 1. The number of carbonyl (C=O) groups excluding carboxylic acids is 3. The smallest absolute Gasteiger partial charge is 0.407 e. The zero-order valence-electron chi connectivity index (χ0n) is 21.3. The van der Waals surface area contributed by atoms with Gasteiger partial charge in [0, 0.05) is 25.7 Å². The maximum absolute atomic E-state index is 13.2. The van der Waals surface area contributed by atoms with Crippen molar-refractivity contribution in [3.63, 3.8) is 0 Å². The number of likely N-dealkylation sites (tertiary alicyclic amines) is 1. The third kappa shape index (κ3) is 10.6. The van der Waals surface area contributed by atoms with Gasteiger partial charge in [0.05, 0.1) is 13.0 Å². The number of hydrogen-bond acceptors (Lipinski definition) is 7. The van der Waals surface area contributed by atoms with Crippen LogP contribution in [0.4, 0.5) is 4.79 Å². The molecule has 3 fully saturated rings. The number of rotatable bonds is 12. The standard InChI is InChI=1S/C24H40N6O6.ClH/c25-27-16-29-10-4-7-18(13-29)12-26-21(31)11-20(23(34)30(14-22(32)33)19-8-9-19)28-24(35)36-15-17-5-2-1-3-6-17;/h16-20H,1-15,25H2,(H,26,31)(H,28,35)(H,32,33);1H/t18-,20-;/m0./s1. The van der Waals surface area contributed by atoms with Gasteiger partial charge in [-0.15, -0.1) is 12.4 Å². The molecule has 37 heavy (non-hydrogen) atoms. The second-order valence-electron chi connectivity index (χ2n) is 10.2. The fraction of sp³-hybridized carbons (Fsp3) is 0.792. The molecule has 12 nitrogen and oxygen atoms in total. The van der Waals surface area contributed by atoms with Crippen LogP contribution in [0.15, 0.2) is 5.10 Å². The van der Waals surface area contributed by atoms with E-state index >= 15 is 0 Å². The number of piperidine rings is 1. The lowest BCUT2D eigenvalue weighted by atomic mass is 9.90. The Hall–Kier alpha value is -2.76. The zero-order chi connectivity index (χ0) is 25.9. The number of ether oxygens (including phenoxy) is 1. The normalized spacial score (nSPS) is 21.0. The fourth-order valence-electron chi connectivity index (χ4n) is 5.03. The number of amides is 3. The minimum Gasteiger partial charge on any atom is -0.480 e. The Balaban J connectivity index is 0.00000481. The Morgan fingerprint density at radius 1 is 1.08 bits per heavy atom. The van der Waals surface area contributed by atoms with Crippen molar-refractivity contribution >= 4 is 42.6 Å². The maximum Gasteiger partial charge on any atom is 0.407 e. The topological polar surface area (TPSA) is 167 Å². The van der Waals surface area contributed by atoms with Crippen molar-refractivity contribution in [1.82, 2.24) is 20.4 Å². The summed E-state index contributed by atoms with van der Waals surface area (Å²) in [6.45, 7) is 1.78. The van der Waals surface area contributed by atoms with Crippen LogP contribution in [0.5, 0.6) is 0 Å². The Kier molecular flexibility index (Phi) is 12.7. The van der Waals surface area contributed by atoms with Crippen LogP contribution >= 0.6 is 12.4 Å². The highest BCUT2D eigenvalue weighted by atomic mass is 35.5.